The Morgan fingerprint density at radius 1 is 1.26 bits per heavy atom. The van der Waals surface area contributed by atoms with E-state index in [1.165, 1.54) is 34.8 Å². The zero-order valence-electron chi connectivity index (χ0n) is 9.65. The van der Waals surface area contributed by atoms with Crippen molar-refractivity contribution in [3.8, 4) is 0 Å². The summed E-state index contributed by atoms with van der Waals surface area (Å²) in [5, 5.41) is 3.27. The van der Waals surface area contributed by atoms with Crippen LogP contribution in [0.3, 0.4) is 0 Å². The average molecular weight is 311 g/mol. The molecule has 2 aromatic heterocycles. The lowest BCUT2D eigenvalue weighted by Gasteiger charge is -1.95. The van der Waals surface area contributed by atoms with E-state index in [4.69, 9.17) is 11.6 Å². The van der Waals surface area contributed by atoms with Gasteiger partial charge >= 0.3 is 0 Å². The summed E-state index contributed by atoms with van der Waals surface area (Å²) in [6.45, 7) is 0. The van der Waals surface area contributed by atoms with Crippen molar-refractivity contribution in [2.24, 2.45) is 0 Å². The van der Waals surface area contributed by atoms with Crippen LogP contribution in [0, 0.1) is 5.82 Å². The molecule has 0 bridgehead atoms. The number of thiophene rings is 2. The van der Waals surface area contributed by atoms with Gasteiger partial charge in [-0.25, -0.2) is 4.39 Å². The molecule has 1 aromatic carbocycles. The lowest BCUT2D eigenvalue weighted by Crippen LogP contribution is -1.99. The molecule has 19 heavy (non-hydrogen) atoms. The fourth-order valence-electron chi connectivity index (χ4n) is 1.84. The Kier molecular flexibility index (Phi) is 3.39. The Morgan fingerprint density at radius 3 is 2.84 bits per heavy atom. The number of halogens is 2. The van der Waals surface area contributed by atoms with Crippen LogP contribution in [0.4, 0.5) is 4.39 Å². The first-order valence-electron chi connectivity index (χ1n) is 5.57. The van der Waals surface area contributed by atoms with Crippen molar-refractivity contribution in [1.29, 1.82) is 0 Å². The number of Topliss-reactive ketones (excluding diaryl/α,β-unsaturated/α-hetero) is 1. The van der Waals surface area contributed by atoms with Crippen molar-refractivity contribution >= 4 is 50.1 Å². The molecule has 0 amide bonds. The summed E-state index contributed by atoms with van der Waals surface area (Å²) < 4.78 is 14.0. The van der Waals surface area contributed by atoms with Gasteiger partial charge in [0.2, 0.25) is 0 Å². The second-order valence-corrected chi connectivity index (χ2v) is 6.58. The molecule has 0 aliphatic rings. The van der Waals surface area contributed by atoms with Crippen molar-refractivity contribution in [3.63, 3.8) is 0 Å². The molecule has 2 heterocycles. The van der Waals surface area contributed by atoms with Gasteiger partial charge < -0.3 is 0 Å². The molecule has 0 radical (unpaired) electrons. The van der Waals surface area contributed by atoms with E-state index in [2.05, 4.69) is 0 Å². The fraction of sp³-hybridized carbons (Fsp3) is 0.0714. The highest BCUT2D eigenvalue weighted by Gasteiger charge is 2.14. The van der Waals surface area contributed by atoms with Gasteiger partial charge in [-0.3, -0.25) is 4.79 Å². The van der Waals surface area contributed by atoms with Crippen molar-refractivity contribution in [2.45, 2.75) is 6.42 Å². The van der Waals surface area contributed by atoms with E-state index < -0.39 is 0 Å². The lowest BCUT2D eigenvalue weighted by molar-refractivity contribution is 0.0997. The predicted molar refractivity (Wildman–Crippen MR) is 79.1 cm³/mol. The van der Waals surface area contributed by atoms with E-state index >= 15 is 0 Å². The maximum absolute atomic E-state index is 13.1. The molecule has 0 saturated heterocycles. The number of ketones is 1. The van der Waals surface area contributed by atoms with Crippen LogP contribution in [-0.4, -0.2) is 5.78 Å². The zero-order valence-corrected chi connectivity index (χ0v) is 12.0. The summed E-state index contributed by atoms with van der Waals surface area (Å²) in [6, 6.07) is 8.08. The third kappa shape index (κ3) is 2.56. The first-order valence-corrected chi connectivity index (χ1v) is 7.65. The highest BCUT2D eigenvalue weighted by Crippen LogP contribution is 2.29. The quantitative estimate of drug-likeness (QED) is 0.609. The van der Waals surface area contributed by atoms with E-state index in [0.717, 1.165) is 15.0 Å². The minimum absolute atomic E-state index is 0.0194. The molecule has 96 valence electrons. The van der Waals surface area contributed by atoms with Gasteiger partial charge in [0, 0.05) is 16.0 Å². The lowest BCUT2D eigenvalue weighted by atomic mass is 10.2. The fourth-order valence-corrected chi connectivity index (χ4v) is 3.92. The van der Waals surface area contributed by atoms with E-state index in [-0.39, 0.29) is 11.6 Å². The number of hydrogen-bond donors (Lipinski definition) is 0. The van der Waals surface area contributed by atoms with Crippen LogP contribution in [0.5, 0.6) is 0 Å². The third-order valence-electron chi connectivity index (χ3n) is 2.77. The maximum Gasteiger partial charge on any atom is 0.178 e. The van der Waals surface area contributed by atoms with Crippen molar-refractivity contribution in [2.75, 3.05) is 0 Å². The second-order valence-electron chi connectivity index (χ2n) is 4.08. The molecule has 3 aromatic rings. The summed E-state index contributed by atoms with van der Waals surface area (Å²) in [7, 11) is 0. The molecule has 0 aliphatic carbocycles. The molecular formula is C14H8ClFOS2. The monoisotopic (exact) mass is 310 g/mol. The van der Waals surface area contributed by atoms with Gasteiger partial charge in [-0.15, -0.1) is 22.7 Å². The van der Waals surface area contributed by atoms with E-state index in [1.54, 1.807) is 18.2 Å². The SMILES string of the molecule is O=C(Cc1sccc1Cl)c1cc2cc(F)ccc2s1. The topological polar surface area (TPSA) is 17.1 Å². The van der Waals surface area contributed by atoms with Crippen molar-refractivity contribution < 1.29 is 9.18 Å². The molecule has 0 unspecified atom stereocenters. The van der Waals surface area contributed by atoms with E-state index in [9.17, 15) is 9.18 Å². The molecule has 0 saturated carbocycles. The Balaban J connectivity index is 1.91. The van der Waals surface area contributed by atoms with Gasteiger partial charge in [-0.1, -0.05) is 11.6 Å². The van der Waals surface area contributed by atoms with Gasteiger partial charge in [-0.05, 0) is 41.1 Å². The first-order chi connectivity index (χ1) is 9.13. The average Bonchev–Trinajstić information content (AvgIpc) is 2.96. The van der Waals surface area contributed by atoms with Crippen molar-refractivity contribution in [1.82, 2.24) is 0 Å². The number of benzene rings is 1. The highest BCUT2D eigenvalue weighted by atomic mass is 35.5. The van der Waals surface area contributed by atoms with E-state index in [1.807, 2.05) is 5.38 Å². The normalized spacial score (nSPS) is 11.1. The number of rotatable bonds is 3. The Hall–Kier alpha value is -1.23. The van der Waals surface area contributed by atoms with Crippen LogP contribution in [-0.2, 0) is 6.42 Å². The van der Waals surface area contributed by atoms with E-state index in [0.29, 0.717) is 16.3 Å². The molecule has 1 nitrogen and oxygen atoms in total. The Morgan fingerprint density at radius 2 is 2.11 bits per heavy atom. The van der Waals surface area contributed by atoms with Gasteiger partial charge in [0.15, 0.2) is 5.78 Å². The number of hydrogen-bond acceptors (Lipinski definition) is 3. The number of fused-ring (bicyclic) bond motifs is 1. The minimum atomic E-state index is -0.286. The molecule has 3 rings (SSSR count). The summed E-state index contributed by atoms with van der Waals surface area (Å²) in [5.74, 6) is -0.267. The Bertz CT molecular complexity index is 760. The molecule has 0 spiro atoms. The third-order valence-corrected chi connectivity index (χ3v) is 5.31. The van der Waals surface area contributed by atoms with Crippen LogP contribution in [0.1, 0.15) is 14.5 Å². The largest absolute Gasteiger partial charge is 0.293 e. The van der Waals surface area contributed by atoms with Gasteiger partial charge in [-0.2, -0.15) is 0 Å². The maximum atomic E-state index is 13.1. The molecule has 0 fully saturated rings. The van der Waals surface area contributed by atoms with Crippen LogP contribution in [0.25, 0.3) is 10.1 Å². The summed E-state index contributed by atoms with van der Waals surface area (Å²) >= 11 is 8.84. The molecule has 0 N–H and O–H groups in total. The number of carbonyl (C=O) groups is 1. The van der Waals surface area contributed by atoms with Gasteiger partial charge in [0.1, 0.15) is 5.82 Å². The van der Waals surface area contributed by atoms with Crippen molar-refractivity contribution in [3.05, 3.63) is 56.3 Å². The number of carbonyl (C=O) groups excluding carboxylic acids is 1. The smallest absolute Gasteiger partial charge is 0.178 e. The summed E-state index contributed by atoms with van der Waals surface area (Å²) in [6.07, 6.45) is 0.297. The summed E-state index contributed by atoms with van der Waals surface area (Å²) in [4.78, 5) is 13.7. The standard InChI is InChI=1S/C14H8ClFOS2/c15-10-3-4-18-13(10)7-11(17)14-6-8-5-9(16)1-2-12(8)19-14/h1-6H,7H2. The van der Waals surface area contributed by atoms with Gasteiger partial charge in [0.25, 0.3) is 0 Å². The molecule has 5 heteroatoms. The van der Waals surface area contributed by atoms with Crippen LogP contribution < -0.4 is 0 Å². The highest BCUT2D eigenvalue weighted by molar-refractivity contribution is 7.20. The molecular weight excluding hydrogens is 303 g/mol. The molecule has 0 atom stereocenters. The minimum Gasteiger partial charge on any atom is -0.293 e. The summed E-state index contributed by atoms with van der Waals surface area (Å²) in [5.41, 5.74) is 0. The van der Waals surface area contributed by atoms with Crippen LogP contribution in [0.2, 0.25) is 5.02 Å². The predicted octanol–water partition coefficient (Wildman–Crippen LogP) is 5.18. The zero-order chi connectivity index (χ0) is 13.4. The van der Waals surface area contributed by atoms with Crippen LogP contribution >= 0.6 is 34.3 Å². The second kappa shape index (κ2) is 5.04. The Labute approximate surface area is 122 Å². The van der Waals surface area contributed by atoms with Crippen LogP contribution in [0.15, 0.2) is 35.7 Å². The van der Waals surface area contributed by atoms with Gasteiger partial charge in [0.05, 0.1) is 9.90 Å². The first kappa shape index (κ1) is 12.8. The molecule has 0 aliphatic heterocycles.